The molecule has 0 saturated heterocycles. The molecular formula is C20H33NO2. The summed E-state index contributed by atoms with van der Waals surface area (Å²) in [6, 6.07) is 7.02. The van der Waals surface area contributed by atoms with Gasteiger partial charge in [0.2, 0.25) is 5.91 Å². The number of carbonyl (C=O) groups excluding carboxylic acids is 1. The van der Waals surface area contributed by atoms with Crippen LogP contribution in [0.1, 0.15) is 87.9 Å². The predicted octanol–water partition coefficient (Wildman–Crippen LogP) is 5.48. The first-order valence-electron chi connectivity index (χ1n) is 9.26. The molecule has 0 heterocycles. The largest absolute Gasteiger partial charge is 0.494 e. The maximum atomic E-state index is 11.0. The molecule has 3 nitrogen and oxygen atoms in total. The van der Waals surface area contributed by atoms with Crippen molar-refractivity contribution < 1.29 is 9.53 Å². The lowest BCUT2D eigenvalue weighted by atomic mass is 10.1. The Kier molecular flexibility index (Phi) is 11.0. The van der Waals surface area contributed by atoms with Crippen molar-refractivity contribution in [1.82, 2.24) is 0 Å². The fourth-order valence-electron chi connectivity index (χ4n) is 2.67. The molecule has 0 spiro atoms. The van der Waals surface area contributed by atoms with Crippen molar-refractivity contribution in [2.45, 2.75) is 77.6 Å². The number of hydrogen-bond donors (Lipinski definition) is 1. The van der Waals surface area contributed by atoms with Gasteiger partial charge in [-0.25, -0.2) is 0 Å². The Labute approximate surface area is 141 Å². The first-order valence-corrected chi connectivity index (χ1v) is 9.26. The van der Waals surface area contributed by atoms with Gasteiger partial charge in [-0.1, -0.05) is 71.1 Å². The molecule has 3 heteroatoms. The number of benzene rings is 1. The lowest BCUT2D eigenvalue weighted by Gasteiger charge is -2.06. The number of primary amides is 1. The third kappa shape index (κ3) is 9.98. The molecule has 23 heavy (non-hydrogen) atoms. The highest BCUT2D eigenvalue weighted by atomic mass is 16.5. The van der Waals surface area contributed by atoms with E-state index in [1.807, 2.05) is 0 Å². The van der Waals surface area contributed by atoms with E-state index in [4.69, 9.17) is 10.5 Å². The van der Waals surface area contributed by atoms with Gasteiger partial charge in [-0.2, -0.15) is 0 Å². The van der Waals surface area contributed by atoms with Gasteiger partial charge in [-0.05, 0) is 30.7 Å². The van der Waals surface area contributed by atoms with Crippen LogP contribution >= 0.6 is 0 Å². The van der Waals surface area contributed by atoms with Gasteiger partial charge in [0.25, 0.3) is 0 Å². The highest BCUT2D eigenvalue weighted by Gasteiger charge is 2.00. The number of nitrogens with two attached hydrogens (primary N) is 1. The SMILES string of the molecule is CCCCCCCCCCCCCOc1ccc(C(N)=O)cc1. The van der Waals surface area contributed by atoms with Crippen LogP contribution in [0.2, 0.25) is 0 Å². The van der Waals surface area contributed by atoms with E-state index in [1.54, 1.807) is 24.3 Å². The Morgan fingerprint density at radius 1 is 0.826 bits per heavy atom. The van der Waals surface area contributed by atoms with Crippen molar-refractivity contribution in [2.75, 3.05) is 6.61 Å². The van der Waals surface area contributed by atoms with Crippen molar-refractivity contribution in [3.63, 3.8) is 0 Å². The topological polar surface area (TPSA) is 52.3 Å². The summed E-state index contributed by atoms with van der Waals surface area (Å²) in [4.78, 5) is 11.0. The summed E-state index contributed by atoms with van der Waals surface area (Å²) < 4.78 is 5.67. The second-order valence-electron chi connectivity index (χ2n) is 6.27. The van der Waals surface area contributed by atoms with Gasteiger partial charge in [-0.15, -0.1) is 0 Å². The molecule has 2 N–H and O–H groups in total. The molecule has 0 radical (unpaired) electrons. The normalized spacial score (nSPS) is 10.7. The van der Waals surface area contributed by atoms with Crippen molar-refractivity contribution in [2.24, 2.45) is 5.73 Å². The molecule has 0 unspecified atom stereocenters. The zero-order chi connectivity index (χ0) is 16.8. The van der Waals surface area contributed by atoms with Gasteiger partial charge in [0.15, 0.2) is 0 Å². The monoisotopic (exact) mass is 319 g/mol. The van der Waals surface area contributed by atoms with Crippen LogP contribution in [0, 0.1) is 0 Å². The van der Waals surface area contributed by atoms with E-state index >= 15 is 0 Å². The molecule has 1 aromatic rings. The van der Waals surface area contributed by atoms with Crippen LogP contribution < -0.4 is 10.5 Å². The van der Waals surface area contributed by atoms with Gasteiger partial charge in [0.1, 0.15) is 5.75 Å². The van der Waals surface area contributed by atoms with Gasteiger partial charge in [0, 0.05) is 5.56 Å². The molecule has 130 valence electrons. The van der Waals surface area contributed by atoms with E-state index in [1.165, 1.54) is 64.2 Å². The summed E-state index contributed by atoms with van der Waals surface area (Å²) in [5, 5.41) is 0. The molecule has 0 aromatic heterocycles. The van der Waals surface area contributed by atoms with Crippen LogP contribution in [0.25, 0.3) is 0 Å². The van der Waals surface area contributed by atoms with E-state index < -0.39 is 5.91 Å². The second-order valence-corrected chi connectivity index (χ2v) is 6.27. The van der Waals surface area contributed by atoms with E-state index in [9.17, 15) is 4.79 Å². The van der Waals surface area contributed by atoms with Crippen molar-refractivity contribution >= 4 is 5.91 Å². The zero-order valence-electron chi connectivity index (χ0n) is 14.7. The Hall–Kier alpha value is -1.51. The minimum absolute atomic E-state index is 0.401. The van der Waals surface area contributed by atoms with Gasteiger partial charge in [-0.3, -0.25) is 4.79 Å². The molecule has 1 rings (SSSR count). The molecule has 0 saturated carbocycles. The molecule has 0 aliphatic carbocycles. The van der Waals surface area contributed by atoms with Gasteiger partial charge >= 0.3 is 0 Å². The molecule has 0 aliphatic rings. The number of amides is 1. The summed E-state index contributed by atoms with van der Waals surface area (Å²) >= 11 is 0. The molecule has 1 amide bonds. The number of unbranched alkanes of at least 4 members (excludes halogenated alkanes) is 10. The number of rotatable bonds is 14. The highest BCUT2D eigenvalue weighted by Crippen LogP contribution is 2.14. The van der Waals surface area contributed by atoms with Crippen LogP contribution in [0.4, 0.5) is 0 Å². The fraction of sp³-hybridized carbons (Fsp3) is 0.650. The Morgan fingerprint density at radius 3 is 1.78 bits per heavy atom. The molecule has 0 aliphatic heterocycles. The second kappa shape index (κ2) is 13.0. The quantitative estimate of drug-likeness (QED) is 0.462. The summed E-state index contributed by atoms with van der Waals surface area (Å²) in [6.45, 7) is 3.01. The maximum Gasteiger partial charge on any atom is 0.248 e. The Morgan fingerprint density at radius 2 is 1.30 bits per heavy atom. The molecule has 0 bridgehead atoms. The summed E-state index contributed by atoms with van der Waals surface area (Å²) in [5.74, 6) is 0.406. The van der Waals surface area contributed by atoms with Crippen molar-refractivity contribution in [1.29, 1.82) is 0 Å². The summed E-state index contributed by atoms with van der Waals surface area (Å²) in [5.41, 5.74) is 5.72. The average Bonchev–Trinajstić information content (AvgIpc) is 2.56. The van der Waals surface area contributed by atoms with Crippen LogP contribution in [0.3, 0.4) is 0 Å². The minimum Gasteiger partial charge on any atom is -0.494 e. The summed E-state index contributed by atoms with van der Waals surface area (Å²) in [6.07, 6.45) is 14.7. The Balaban J connectivity index is 1.90. The molecule has 0 fully saturated rings. The molecular weight excluding hydrogens is 286 g/mol. The van der Waals surface area contributed by atoms with Crippen molar-refractivity contribution in [3.05, 3.63) is 29.8 Å². The average molecular weight is 319 g/mol. The lowest BCUT2D eigenvalue weighted by molar-refractivity contribution is 0.100. The summed E-state index contributed by atoms with van der Waals surface area (Å²) in [7, 11) is 0. The first kappa shape index (κ1) is 19.5. The van der Waals surface area contributed by atoms with E-state index in [2.05, 4.69) is 6.92 Å². The van der Waals surface area contributed by atoms with Crippen LogP contribution in [0.5, 0.6) is 5.75 Å². The van der Waals surface area contributed by atoms with Crippen LogP contribution in [-0.2, 0) is 0 Å². The van der Waals surface area contributed by atoms with E-state index in [0.29, 0.717) is 5.56 Å². The zero-order valence-corrected chi connectivity index (χ0v) is 14.7. The predicted molar refractivity (Wildman–Crippen MR) is 96.9 cm³/mol. The number of carbonyl (C=O) groups is 1. The first-order chi connectivity index (χ1) is 11.2. The standard InChI is InChI=1S/C20H33NO2/c1-2-3-4-5-6-7-8-9-10-11-12-17-23-19-15-13-18(14-16-19)20(21)22/h13-16H,2-12,17H2,1H3,(H2,21,22). The lowest BCUT2D eigenvalue weighted by Crippen LogP contribution is -2.10. The van der Waals surface area contributed by atoms with Crippen molar-refractivity contribution in [3.8, 4) is 5.75 Å². The van der Waals surface area contributed by atoms with Crippen LogP contribution in [-0.4, -0.2) is 12.5 Å². The number of ether oxygens (including phenoxy) is 1. The highest BCUT2D eigenvalue weighted by molar-refractivity contribution is 5.92. The smallest absolute Gasteiger partial charge is 0.248 e. The molecule has 0 atom stereocenters. The third-order valence-corrected chi connectivity index (χ3v) is 4.16. The van der Waals surface area contributed by atoms with E-state index in [0.717, 1.165) is 18.8 Å². The Bertz CT molecular complexity index is 414. The fourth-order valence-corrected chi connectivity index (χ4v) is 2.67. The van der Waals surface area contributed by atoms with Crippen LogP contribution in [0.15, 0.2) is 24.3 Å². The third-order valence-electron chi connectivity index (χ3n) is 4.16. The minimum atomic E-state index is -0.401. The molecule has 1 aromatic carbocycles. The van der Waals surface area contributed by atoms with E-state index in [-0.39, 0.29) is 0 Å². The maximum absolute atomic E-state index is 11.0. The van der Waals surface area contributed by atoms with Gasteiger partial charge < -0.3 is 10.5 Å². The van der Waals surface area contributed by atoms with Gasteiger partial charge in [0.05, 0.1) is 6.61 Å². The number of hydrogen-bond acceptors (Lipinski definition) is 2.